The van der Waals surface area contributed by atoms with Crippen molar-refractivity contribution in [2.24, 2.45) is 0 Å². The summed E-state index contributed by atoms with van der Waals surface area (Å²) in [6.07, 6.45) is 2.94. The standard InChI is InChI=1S/C16H23B2NO2/c1-15(2)16(3,4)21-18(20-15)12-19-14-9-7-6-8-13(14)10-11-17(19)5/h6-11H,12H2,1-5H3. The third kappa shape index (κ3) is 2.53. The Balaban J connectivity index is 1.81. The van der Waals surface area contributed by atoms with Crippen molar-refractivity contribution >= 4 is 25.7 Å². The summed E-state index contributed by atoms with van der Waals surface area (Å²) in [6.45, 7) is 10.9. The number of hydrogen-bond acceptors (Lipinski definition) is 3. The lowest BCUT2D eigenvalue weighted by Crippen LogP contribution is -2.46. The predicted molar refractivity (Wildman–Crippen MR) is 90.5 cm³/mol. The zero-order chi connectivity index (χ0) is 15.3. The molecule has 3 rings (SSSR count). The van der Waals surface area contributed by atoms with Crippen LogP contribution in [-0.2, 0) is 9.31 Å². The van der Waals surface area contributed by atoms with Gasteiger partial charge in [0.1, 0.15) is 0 Å². The Morgan fingerprint density at radius 2 is 1.67 bits per heavy atom. The van der Waals surface area contributed by atoms with E-state index in [1.165, 1.54) is 11.3 Å². The molecule has 1 aromatic carbocycles. The van der Waals surface area contributed by atoms with E-state index in [2.05, 4.69) is 75.6 Å². The summed E-state index contributed by atoms with van der Waals surface area (Å²) in [6, 6.07) is 8.48. The van der Waals surface area contributed by atoms with Gasteiger partial charge in [0.25, 0.3) is 6.85 Å². The first-order valence-corrected chi connectivity index (χ1v) is 7.70. The van der Waals surface area contributed by atoms with Crippen LogP contribution in [0.4, 0.5) is 5.69 Å². The van der Waals surface area contributed by atoms with Gasteiger partial charge in [-0.25, -0.2) is 0 Å². The molecule has 0 aliphatic carbocycles. The lowest BCUT2D eigenvalue weighted by Gasteiger charge is -2.33. The third-order valence-corrected chi connectivity index (χ3v) is 4.94. The van der Waals surface area contributed by atoms with Crippen molar-refractivity contribution in [1.82, 2.24) is 0 Å². The van der Waals surface area contributed by atoms with Crippen molar-refractivity contribution in [2.45, 2.75) is 45.7 Å². The number of rotatable bonds is 2. The summed E-state index contributed by atoms with van der Waals surface area (Å²) in [4.78, 5) is 2.36. The Morgan fingerprint density at radius 1 is 1.05 bits per heavy atom. The average molecular weight is 283 g/mol. The van der Waals surface area contributed by atoms with Gasteiger partial charge in [-0.05, 0) is 39.3 Å². The van der Waals surface area contributed by atoms with Crippen molar-refractivity contribution < 1.29 is 9.31 Å². The normalized spacial score (nSPS) is 22.6. The first-order valence-electron chi connectivity index (χ1n) is 7.70. The maximum absolute atomic E-state index is 6.14. The molecule has 1 saturated heterocycles. The fourth-order valence-electron chi connectivity index (χ4n) is 2.92. The van der Waals surface area contributed by atoms with Crippen LogP contribution in [0.1, 0.15) is 33.3 Å². The Kier molecular flexibility index (Phi) is 3.45. The Hall–Kier alpha value is -1.19. The fourth-order valence-corrected chi connectivity index (χ4v) is 2.92. The van der Waals surface area contributed by atoms with Crippen LogP contribution in [-0.4, -0.2) is 31.6 Å². The van der Waals surface area contributed by atoms with Gasteiger partial charge in [-0.1, -0.05) is 37.1 Å². The minimum atomic E-state index is -0.272. The van der Waals surface area contributed by atoms with Crippen LogP contribution in [0, 0.1) is 0 Å². The second-order valence-corrected chi connectivity index (χ2v) is 7.00. The highest BCUT2D eigenvalue weighted by Crippen LogP contribution is 2.37. The molecular formula is C16H23B2NO2. The van der Waals surface area contributed by atoms with Crippen LogP contribution in [0.25, 0.3) is 6.08 Å². The molecule has 0 atom stereocenters. The number of para-hydroxylation sites is 1. The van der Waals surface area contributed by atoms with E-state index in [0.29, 0.717) is 6.85 Å². The van der Waals surface area contributed by atoms with E-state index in [4.69, 9.17) is 9.31 Å². The van der Waals surface area contributed by atoms with Crippen LogP contribution in [0.2, 0.25) is 6.82 Å². The van der Waals surface area contributed by atoms with Gasteiger partial charge in [-0.3, -0.25) is 0 Å². The highest BCUT2D eigenvalue weighted by Gasteiger charge is 2.51. The van der Waals surface area contributed by atoms with Crippen molar-refractivity contribution in [3.05, 3.63) is 35.8 Å². The molecule has 0 spiro atoms. The molecule has 0 radical (unpaired) electrons. The Morgan fingerprint density at radius 3 is 2.33 bits per heavy atom. The van der Waals surface area contributed by atoms with Gasteiger partial charge >= 0.3 is 7.12 Å². The molecule has 0 unspecified atom stereocenters. The second-order valence-electron chi connectivity index (χ2n) is 7.00. The topological polar surface area (TPSA) is 21.7 Å². The van der Waals surface area contributed by atoms with Gasteiger partial charge in [0.15, 0.2) is 0 Å². The summed E-state index contributed by atoms with van der Waals surface area (Å²) in [5.74, 6) is 2.23. The van der Waals surface area contributed by atoms with E-state index in [9.17, 15) is 0 Å². The number of benzene rings is 1. The monoisotopic (exact) mass is 283 g/mol. The fraction of sp³-hybridized carbons (Fsp3) is 0.500. The van der Waals surface area contributed by atoms with Crippen LogP contribution < -0.4 is 4.81 Å². The maximum atomic E-state index is 6.14. The molecule has 2 aliphatic heterocycles. The minimum Gasteiger partial charge on any atom is -0.412 e. The molecule has 1 aromatic rings. The van der Waals surface area contributed by atoms with Crippen molar-refractivity contribution in [2.75, 3.05) is 11.3 Å². The maximum Gasteiger partial charge on any atom is 0.477 e. The van der Waals surface area contributed by atoms with Gasteiger partial charge in [-0.15, -0.1) is 0 Å². The van der Waals surface area contributed by atoms with Crippen molar-refractivity contribution in [3.8, 4) is 0 Å². The number of anilines is 1. The lowest BCUT2D eigenvalue weighted by atomic mass is 9.59. The molecule has 0 amide bonds. The summed E-state index contributed by atoms with van der Waals surface area (Å²) < 4.78 is 12.3. The predicted octanol–water partition coefficient (Wildman–Crippen LogP) is 3.31. The lowest BCUT2D eigenvalue weighted by molar-refractivity contribution is 0.00578. The first kappa shape index (κ1) is 14.7. The molecule has 0 bridgehead atoms. The van der Waals surface area contributed by atoms with Crippen LogP contribution in [0.5, 0.6) is 0 Å². The molecule has 2 aliphatic rings. The van der Waals surface area contributed by atoms with Gasteiger partial charge in [0.2, 0.25) is 0 Å². The van der Waals surface area contributed by atoms with Crippen molar-refractivity contribution in [1.29, 1.82) is 0 Å². The molecule has 1 fully saturated rings. The Bertz CT molecular complexity index is 555. The molecule has 110 valence electrons. The van der Waals surface area contributed by atoms with Crippen molar-refractivity contribution in [3.63, 3.8) is 0 Å². The van der Waals surface area contributed by atoms with Gasteiger partial charge < -0.3 is 14.1 Å². The van der Waals surface area contributed by atoms with E-state index in [1.807, 2.05) is 0 Å². The molecule has 0 aromatic heterocycles. The molecule has 5 heteroatoms. The quantitative estimate of drug-likeness (QED) is 0.777. The highest BCUT2D eigenvalue weighted by molar-refractivity contribution is 6.70. The summed E-state index contributed by atoms with van der Waals surface area (Å²) in [5, 5.41) is 0. The second kappa shape index (κ2) is 4.92. The number of nitrogens with zero attached hydrogens (tertiary/aromatic N) is 1. The van der Waals surface area contributed by atoms with E-state index in [0.717, 1.165) is 6.44 Å². The Labute approximate surface area is 128 Å². The van der Waals surface area contributed by atoms with Gasteiger partial charge in [-0.2, -0.15) is 0 Å². The molecule has 3 nitrogen and oxygen atoms in total. The average Bonchev–Trinajstić information content (AvgIpc) is 2.61. The van der Waals surface area contributed by atoms with Crippen LogP contribution >= 0.6 is 0 Å². The summed E-state index contributed by atoms with van der Waals surface area (Å²) >= 11 is 0. The highest BCUT2D eigenvalue weighted by atomic mass is 16.7. The minimum absolute atomic E-state index is 0.197. The molecule has 0 saturated carbocycles. The van der Waals surface area contributed by atoms with E-state index in [-0.39, 0.29) is 18.3 Å². The third-order valence-electron chi connectivity index (χ3n) is 4.94. The zero-order valence-electron chi connectivity index (χ0n) is 13.6. The first-order chi connectivity index (χ1) is 9.80. The van der Waals surface area contributed by atoms with Crippen LogP contribution in [0.3, 0.4) is 0 Å². The number of hydrogen-bond donors (Lipinski definition) is 0. The van der Waals surface area contributed by atoms with Crippen LogP contribution in [0.15, 0.2) is 30.2 Å². The molecule has 2 heterocycles. The smallest absolute Gasteiger partial charge is 0.412 e. The molecule has 0 N–H and O–H groups in total. The largest absolute Gasteiger partial charge is 0.477 e. The molecular weight excluding hydrogens is 260 g/mol. The summed E-state index contributed by atoms with van der Waals surface area (Å²) in [7, 11) is -0.197. The van der Waals surface area contributed by atoms with Gasteiger partial charge in [0, 0.05) is 12.1 Å². The number of fused-ring (bicyclic) bond motifs is 1. The molecule has 21 heavy (non-hydrogen) atoms. The SMILES string of the molecule is CB1C=Cc2ccccc2N1CB1OC(C)(C)C(C)(C)O1. The van der Waals surface area contributed by atoms with Gasteiger partial charge in [0.05, 0.1) is 11.2 Å². The zero-order valence-corrected chi connectivity index (χ0v) is 13.6. The van der Waals surface area contributed by atoms with E-state index >= 15 is 0 Å². The van der Waals surface area contributed by atoms with E-state index < -0.39 is 0 Å². The van der Waals surface area contributed by atoms with E-state index in [1.54, 1.807) is 0 Å². The summed E-state index contributed by atoms with van der Waals surface area (Å²) in [5.41, 5.74) is 1.97.